The minimum atomic E-state index is -0.764. The summed E-state index contributed by atoms with van der Waals surface area (Å²) in [5, 5.41) is 18.9. The van der Waals surface area contributed by atoms with E-state index in [-0.39, 0.29) is 12.3 Å². The molecular weight excluding hydrogens is 440 g/mol. The molecule has 0 aromatic heterocycles. The van der Waals surface area contributed by atoms with Crippen molar-refractivity contribution >= 4 is 23.6 Å². The Bertz CT molecular complexity index is 852. The first kappa shape index (κ1) is 24.3. The molecule has 3 fully saturated rings. The van der Waals surface area contributed by atoms with Crippen LogP contribution in [0.1, 0.15) is 32.1 Å². The summed E-state index contributed by atoms with van der Waals surface area (Å²) in [6.07, 6.45) is 0.770. The third-order valence-corrected chi connectivity index (χ3v) is 7.27. The van der Waals surface area contributed by atoms with Gasteiger partial charge in [0.2, 0.25) is 11.8 Å². The van der Waals surface area contributed by atoms with E-state index in [1.54, 1.807) is 15.3 Å². The second kappa shape index (κ2) is 11.1. The minimum absolute atomic E-state index is 0.0869. The number of carbonyl (C=O) groups is 3. The van der Waals surface area contributed by atoms with Gasteiger partial charge in [-0.25, -0.2) is 10.3 Å². The first-order chi connectivity index (χ1) is 16.5. The summed E-state index contributed by atoms with van der Waals surface area (Å²) < 4.78 is 5.64. The highest BCUT2D eigenvalue weighted by atomic mass is 16.6. The Kier molecular flexibility index (Phi) is 7.89. The van der Waals surface area contributed by atoms with E-state index in [4.69, 9.17) is 4.74 Å². The molecule has 10 nitrogen and oxygen atoms in total. The Morgan fingerprint density at radius 1 is 0.853 bits per heavy atom. The van der Waals surface area contributed by atoms with Gasteiger partial charge in [-0.3, -0.25) is 14.8 Å². The summed E-state index contributed by atoms with van der Waals surface area (Å²) in [4.78, 5) is 43.9. The van der Waals surface area contributed by atoms with Gasteiger partial charge in [0.15, 0.2) is 0 Å². The zero-order valence-electron chi connectivity index (χ0n) is 19.3. The number of likely N-dealkylation sites (tertiary alicyclic amines) is 1. The molecule has 1 aliphatic carbocycles. The van der Waals surface area contributed by atoms with E-state index in [0.717, 1.165) is 5.69 Å². The molecule has 1 aromatic rings. The van der Waals surface area contributed by atoms with Gasteiger partial charge in [0, 0.05) is 45.0 Å². The standard InChI is InChI=1S/C24H34N4O6/c29-18-8-10-28(11-9-18)24(32)34-19-6-7-20(21(16-19)22(30)25-33)23(31)27-14-12-26(13-15-27)17-4-2-1-3-5-17/h1-5,18-21,29,33H,6-16H2,(H,25,30). The van der Waals surface area contributed by atoms with Crippen LogP contribution in [0.3, 0.4) is 0 Å². The average molecular weight is 475 g/mol. The number of rotatable bonds is 4. The van der Waals surface area contributed by atoms with E-state index < -0.39 is 36.0 Å². The van der Waals surface area contributed by atoms with E-state index in [2.05, 4.69) is 4.90 Å². The number of para-hydroxylation sites is 1. The lowest BCUT2D eigenvalue weighted by atomic mass is 9.76. The van der Waals surface area contributed by atoms with Crippen LogP contribution in [0, 0.1) is 11.8 Å². The highest BCUT2D eigenvalue weighted by molar-refractivity contribution is 5.87. The first-order valence-corrected chi connectivity index (χ1v) is 12.1. The minimum Gasteiger partial charge on any atom is -0.446 e. The number of nitrogens with zero attached hydrogens (tertiary/aromatic N) is 3. The molecule has 1 saturated carbocycles. The van der Waals surface area contributed by atoms with Gasteiger partial charge in [0.25, 0.3) is 0 Å². The van der Waals surface area contributed by atoms with Crippen molar-refractivity contribution in [1.29, 1.82) is 0 Å². The number of aliphatic hydroxyl groups excluding tert-OH is 1. The molecule has 3 atom stereocenters. The largest absolute Gasteiger partial charge is 0.446 e. The highest BCUT2D eigenvalue weighted by Gasteiger charge is 2.43. The summed E-state index contributed by atoms with van der Waals surface area (Å²) in [6, 6.07) is 10.1. The molecule has 0 spiro atoms. The number of hydrogen-bond donors (Lipinski definition) is 3. The van der Waals surface area contributed by atoms with Crippen molar-refractivity contribution < 1.29 is 29.4 Å². The fraction of sp³-hybridized carbons (Fsp3) is 0.625. The molecule has 34 heavy (non-hydrogen) atoms. The van der Waals surface area contributed by atoms with Crippen LogP contribution in [0.25, 0.3) is 0 Å². The molecule has 186 valence electrons. The van der Waals surface area contributed by atoms with Gasteiger partial charge >= 0.3 is 6.09 Å². The SMILES string of the molecule is O=C(NO)C1CC(OC(=O)N2CCC(O)CC2)CCC1C(=O)N1CCN(c2ccccc2)CC1. The molecule has 2 saturated heterocycles. The first-order valence-electron chi connectivity index (χ1n) is 12.1. The fourth-order valence-corrected chi connectivity index (χ4v) is 5.23. The van der Waals surface area contributed by atoms with E-state index in [1.807, 2.05) is 30.3 Å². The Labute approximate surface area is 199 Å². The van der Waals surface area contributed by atoms with Crippen LogP contribution in [0.15, 0.2) is 30.3 Å². The monoisotopic (exact) mass is 474 g/mol. The number of amides is 3. The summed E-state index contributed by atoms with van der Waals surface area (Å²) in [6.45, 7) is 3.43. The maximum Gasteiger partial charge on any atom is 0.410 e. The van der Waals surface area contributed by atoms with Crippen LogP contribution < -0.4 is 10.4 Å². The van der Waals surface area contributed by atoms with Crippen molar-refractivity contribution in [3.05, 3.63) is 30.3 Å². The Balaban J connectivity index is 1.33. The molecule has 1 aromatic carbocycles. The van der Waals surface area contributed by atoms with Crippen LogP contribution in [0.4, 0.5) is 10.5 Å². The Hall–Kier alpha value is -2.85. The van der Waals surface area contributed by atoms with Crippen LogP contribution in [0.5, 0.6) is 0 Å². The van der Waals surface area contributed by atoms with Gasteiger partial charge in [-0.1, -0.05) is 18.2 Å². The van der Waals surface area contributed by atoms with E-state index in [9.17, 15) is 24.7 Å². The number of hydrogen-bond acceptors (Lipinski definition) is 7. The topological polar surface area (TPSA) is 123 Å². The van der Waals surface area contributed by atoms with Crippen LogP contribution in [-0.2, 0) is 14.3 Å². The third-order valence-electron chi connectivity index (χ3n) is 7.27. The number of piperazine rings is 1. The number of anilines is 1. The zero-order valence-corrected chi connectivity index (χ0v) is 19.3. The summed E-state index contributed by atoms with van der Waals surface area (Å²) in [5.74, 6) is -2.03. The molecule has 0 radical (unpaired) electrons. The average Bonchev–Trinajstić information content (AvgIpc) is 2.88. The summed E-state index contributed by atoms with van der Waals surface area (Å²) >= 11 is 0. The quantitative estimate of drug-likeness (QED) is 0.443. The Morgan fingerprint density at radius 3 is 2.18 bits per heavy atom. The lowest BCUT2D eigenvalue weighted by Crippen LogP contribution is -2.53. The number of carbonyl (C=O) groups excluding carboxylic acids is 3. The molecule has 3 amide bonds. The predicted molar refractivity (Wildman–Crippen MR) is 123 cm³/mol. The summed E-state index contributed by atoms with van der Waals surface area (Å²) in [5.41, 5.74) is 2.82. The number of ether oxygens (including phenoxy) is 1. The third kappa shape index (κ3) is 5.61. The lowest BCUT2D eigenvalue weighted by molar-refractivity contribution is -0.149. The van der Waals surface area contributed by atoms with Crippen molar-refractivity contribution in [2.75, 3.05) is 44.2 Å². The molecule has 2 aliphatic heterocycles. The molecule has 10 heteroatoms. The second-order valence-electron chi connectivity index (χ2n) is 9.37. The molecular formula is C24H34N4O6. The molecule has 3 unspecified atom stereocenters. The van der Waals surface area contributed by atoms with Crippen LogP contribution in [-0.4, -0.2) is 89.5 Å². The number of hydroxylamine groups is 1. The number of benzene rings is 1. The summed E-state index contributed by atoms with van der Waals surface area (Å²) in [7, 11) is 0. The normalized spacial score (nSPS) is 26.2. The van der Waals surface area contributed by atoms with Crippen LogP contribution >= 0.6 is 0 Å². The van der Waals surface area contributed by atoms with Crippen molar-refractivity contribution in [1.82, 2.24) is 15.3 Å². The Morgan fingerprint density at radius 2 is 1.53 bits per heavy atom. The maximum absolute atomic E-state index is 13.3. The maximum atomic E-state index is 13.3. The van der Waals surface area contributed by atoms with Crippen molar-refractivity contribution in [2.45, 2.75) is 44.3 Å². The van der Waals surface area contributed by atoms with Gasteiger partial charge in [-0.15, -0.1) is 0 Å². The van der Waals surface area contributed by atoms with E-state index in [1.165, 1.54) is 0 Å². The second-order valence-corrected chi connectivity index (χ2v) is 9.37. The molecule has 4 rings (SSSR count). The fourth-order valence-electron chi connectivity index (χ4n) is 5.23. The van der Waals surface area contributed by atoms with Crippen LogP contribution in [0.2, 0.25) is 0 Å². The molecule has 3 aliphatic rings. The molecule has 0 bridgehead atoms. The predicted octanol–water partition coefficient (Wildman–Crippen LogP) is 1.22. The molecule has 2 heterocycles. The van der Waals surface area contributed by atoms with Gasteiger partial charge in [-0.2, -0.15) is 0 Å². The van der Waals surface area contributed by atoms with Gasteiger partial charge in [-0.05, 0) is 44.2 Å². The molecule has 3 N–H and O–H groups in total. The smallest absolute Gasteiger partial charge is 0.410 e. The van der Waals surface area contributed by atoms with Crippen molar-refractivity contribution in [3.63, 3.8) is 0 Å². The van der Waals surface area contributed by atoms with Crippen molar-refractivity contribution in [2.24, 2.45) is 11.8 Å². The number of aliphatic hydroxyl groups is 1. The van der Waals surface area contributed by atoms with Gasteiger partial charge < -0.3 is 24.5 Å². The number of nitrogens with one attached hydrogen (secondary N) is 1. The lowest BCUT2D eigenvalue weighted by Gasteiger charge is -2.41. The highest BCUT2D eigenvalue weighted by Crippen LogP contribution is 2.34. The zero-order chi connectivity index (χ0) is 24.1. The van der Waals surface area contributed by atoms with Crippen molar-refractivity contribution in [3.8, 4) is 0 Å². The van der Waals surface area contributed by atoms with E-state index in [0.29, 0.717) is 65.0 Å². The van der Waals surface area contributed by atoms with E-state index >= 15 is 0 Å². The number of piperidine rings is 1. The van der Waals surface area contributed by atoms with Gasteiger partial charge in [0.1, 0.15) is 6.10 Å². The van der Waals surface area contributed by atoms with Gasteiger partial charge in [0.05, 0.1) is 17.9 Å².